The van der Waals surface area contributed by atoms with E-state index in [0.29, 0.717) is 0 Å². The maximum absolute atomic E-state index is 12.4. The fraction of sp³-hybridized carbons (Fsp3) is 0.667. The highest BCUT2D eigenvalue weighted by Gasteiger charge is 2.23. The lowest BCUT2D eigenvalue weighted by atomic mass is 10.1. The molecule has 0 atom stereocenters. The molecule has 0 radical (unpaired) electrons. The van der Waals surface area contributed by atoms with Crippen LogP contribution < -0.4 is 0 Å². The molecule has 19 heavy (non-hydrogen) atoms. The van der Waals surface area contributed by atoms with Crippen LogP contribution in [0.25, 0.3) is 0 Å². The average molecular weight is 263 g/mol. The Morgan fingerprint density at radius 1 is 1.21 bits per heavy atom. The van der Waals surface area contributed by atoms with Gasteiger partial charge in [-0.1, -0.05) is 6.92 Å². The molecular formula is C15H25N3O. The number of amides is 1. The third-order valence-electron chi connectivity index (χ3n) is 3.82. The zero-order valence-corrected chi connectivity index (χ0v) is 12.5. The van der Waals surface area contributed by atoms with E-state index in [-0.39, 0.29) is 11.4 Å². The Labute approximate surface area is 116 Å². The van der Waals surface area contributed by atoms with Gasteiger partial charge in [0.2, 0.25) is 0 Å². The maximum Gasteiger partial charge on any atom is 0.255 e. The topological polar surface area (TPSA) is 28.5 Å². The molecule has 1 aliphatic rings. The number of carbonyl (C=O) groups is 1. The summed E-state index contributed by atoms with van der Waals surface area (Å²) < 4.78 is 2.10. The summed E-state index contributed by atoms with van der Waals surface area (Å²) in [7, 11) is 0. The molecule has 106 valence electrons. The summed E-state index contributed by atoms with van der Waals surface area (Å²) in [4.78, 5) is 16.8. The van der Waals surface area contributed by atoms with Crippen LogP contribution in [-0.2, 0) is 5.54 Å². The first-order valence-corrected chi connectivity index (χ1v) is 7.12. The molecule has 1 fully saturated rings. The lowest BCUT2D eigenvalue weighted by Gasteiger charge is -2.33. The van der Waals surface area contributed by atoms with Crippen molar-refractivity contribution in [3.8, 4) is 0 Å². The van der Waals surface area contributed by atoms with Crippen molar-refractivity contribution >= 4 is 5.91 Å². The van der Waals surface area contributed by atoms with Crippen LogP contribution in [0.15, 0.2) is 18.5 Å². The number of piperazine rings is 1. The van der Waals surface area contributed by atoms with Gasteiger partial charge in [0.15, 0.2) is 0 Å². The van der Waals surface area contributed by atoms with Crippen LogP contribution in [0.1, 0.15) is 38.1 Å². The fourth-order valence-electron chi connectivity index (χ4n) is 2.39. The summed E-state index contributed by atoms with van der Waals surface area (Å²) in [5.41, 5.74) is 0.833. The average Bonchev–Trinajstić information content (AvgIpc) is 2.87. The Kier molecular flexibility index (Phi) is 3.99. The normalized spacial score (nSPS) is 17.8. The lowest BCUT2D eigenvalue weighted by Crippen LogP contribution is -2.48. The first-order chi connectivity index (χ1) is 8.91. The van der Waals surface area contributed by atoms with E-state index in [2.05, 4.69) is 37.2 Å². The van der Waals surface area contributed by atoms with Crippen LogP contribution in [-0.4, -0.2) is 53.0 Å². The van der Waals surface area contributed by atoms with E-state index in [4.69, 9.17) is 0 Å². The van der Waals surface area contributed by atoms with E-state index in [9.17, 15) is 4.79 Å². The molecule has 4 heteroatoms. The molecule has 2 rings (SSSR count). The van der Waals surface area contributed by atoms with Crippen molar-refractivity contribution in [2.24, 2.45) is 0 Å². The van der Waals surface area contributed by atoms with Crippen molar-refractivity contribution in [1.82, 2.24) is 14.4 Å². The van der Waals surface area contributed by atoms with Crippen molar-refractivity contribution in [2.75, 3.05) is 32.7 Å². The molecule has 0 spiro atoms. The molecule has 1 aromatic heterocycles. The molecule has 0 N–H and O–H groups in total. The Morgan fingerprint density at radius 2 is 1.84 bits per heavy atom. The molecule has 1 aromatic rings. The van der Waals surface area contributed by atoms with E-state index in [1.54, 1.807) is 0 Å². The van der Waals surface area contributed by atoms with E-state index in [1.165, 1.54) is 0 Å². The van der Waals surface area contributed by atoms with Crippen molar-refractivity contribution in [3.63, 3.8) is 0 Å². The minimum absolute atomic E-state index is 0.0272. The van der Waals surface area contributed by atoms with Crippen LogP contribution in [0.5, 0.6) is 0 Å². The number of hydrogen-bond donors (Lipinski definition) is 0. The standard InChI is InChI=1S/C15H25N3O/c1-5-16-8-10-17(11-9-16)14(19)13-6-7-18(12-13)15(2,3)4/h6-7,12H,5,8-11H2,1-4H3. The highest BCUT2D eigenvalue weighted by molar-refractivity contribution is 5.94. The Bertz CT molecular complexity index is 436. The Morgan fingerprint density at radius 3 is 2.32 bits per heavy atom. The minimum atomic E-state index is 0.0272. The number of hydrogen-bond acceptors (Lipinski definition) is 2. The van der Waals surface area contributed by atoms with Crippen LogP contribution in [0.3, 0.4) is 0 Å². The van der Waals surface area contributed by atoms with Gasteiger partial charge in [-0.15, -0.1) is 0 Å². The molecule has 1 amide bonds. The van der Waals surface area contributed by atoms with Gasteiger partial charge in [-0.3, -0.25) is 4.79 Å². The Balaban J connectivity index is 2.02. The molecule has 0 saturated carbocycles. The van der Waals surface area contributed by atoms with Gasteiger partial charge in [-0.2, -0.15) is 0 Å². The molecule has 0 aromatic carbocycles. The van der Waals surface area contributed by atoms with Gasteiger partial charge in [0.05, 0.1) is 5.56 Å². The second-order valence-corrected chi connectivity index (χ2v) is 6.20. The van der Waals surface area contributed by atoms with Crippen molar-refractivity contribution in [3.05, 3.63) is 24.0 Å². The highest BCUT2D eigenvalue weighted by atomic mass is 16.2. The van der Waals surface area contributed by atoms with E-state index >= 15 is 0 Å². The van der Waals surface area contributed by atoms with Gasteiger partial charge in [-0.05, 0) is 33.4 Å². The molecule has 2 heterocycles. The predicted octanol–water partition coefficient (Wildman–Crippen LogP) is 2.02. The van der Waals surface area contributed by atoms with Crippen molar-refractivity contribution in [1.29, 1.82) is 0 Å². The van der Waals surface area contributed by atoms with E-state index < -0.39 is 0 Å². The summed E-state index contributed by atoms with van der Waals surface area (Å²) in [5.74, 6) is 0.166. The summed E-state index contributed by atoms with van der Waals surface area (Å²) in [6, 6.07) is 1.93. The number of likely N-dealkylation sites (N-methyl/N-ethyl adjacent to an activating group) is 1. The number of carbonyl (C=O) groups excluding carboxylic acids is 1. The van der Waals surface area contributed by atoms with Gasteiger partial charge in [0.25, 0.3) is 5.91 Å². The van der Waals surface area contributed by atoms with E-state index in [1.807, 2.05) is 23.4 Å². The van der Waals surface area contributed by atoms with Gasteiger partial charge < -0.3 is 14.4 Å². The maximum atomic E-state index is 12.4. The first-order valence-electron chi connectivity index (χ1n) is 7.12. The molecule has 4 nitrogen and oxygen atoms in total. The van der Waals surface area contributed by atoms with Crippen LogP contribution in [0.2, 0.25) is 0 Å². The zero-order chi connectivity index (χ0) is 14.0. The predicted molar refractivity (Wildman–Crippen MR) is 77.4 cm³/mol. The van der Waals surface area contributed by atoms with Crippen LogP contribution >= 0.6 is 0 Å². The molecule has 1 saturated heterocycles. The summed E-state index contributed by atoms with van der Waals surface area (Å²) in [5, 5.41) is 0. The van der Waals surface area contributed by atoms with Gasteiger partial charge in [0, 0.05) is 44.1 Å². The van der Waals surface area contributed by atoms with Crippen molar-refractivity contribution < 1.29 is 4.79 Å². The number of nitrogens with zero attached hydrogens (tertiary/aromatic N) is 3. The third kappa shape index (κ3) is 3.18. The largest absolute Gasteiger partial charge is 0.348 e. The molecule has 0 aliphatic carbocycles. The molecule has 1 aliphatic heterocycles. The van der Waals surface area contributed by atoms with Gasteiger partial charge >= 0.3 is 0 Å². The van der Waals surface area contributed by atoms with Gasteiger partial charge in [-0.25, -0.2) is 0 Å². The summed E-state index contributed by atoms with van der Waals surface area (Å²) >= 11 is 0. The Hall–Kier alpha value is -1.29. The van der Waals surface area contributed by atoms with Crippen molar-refractivity contribution in [2.45, 2.75) is 33.2 Å². The number of rotatable bonds is 2. The monoisotopic (exact) mass is 263 g/mol. The SMILES string of the molecule is CCN1CCN(C(=O)c2ccn(C(C)(C)C)c2)CC1. The van der Waals surface area contributed by atoms with Gasteiger partial charge in [0.1, 0.15) is 0 Å². The van der Waals surface area contributed by atoms with E-state index in [0.717, 1.165) is 38.3 Å². The molecule has 0 bridgehead atoms. The second kappa shape index (κ2) is 5.37. The third-order valence-corrected chi connectivity index (χ3v) is 3.82. The highest BCUT2D eigenvalue weighted by Crippen LogP contribution is 2.17. The smallest absolute Gasteiger partial charge is 0.255 e. The summed E-state index contributed by atoms with van der Waals surface area (Å²) in [6.45, 7) is 13.3. The molecular weight excluding hydrogens is 238 g/mol. The first kappa shape index (κ1) is 14.1. The van der Waals surface area contributed by atoms with Crippen LogP contribution in [0.4, 0.5) is 0 Å². The number of aromatic nitrogens is 1. The molecule has 0 unspecified atom stereocenters. The zero-order valence-electron chi connectivity index (χ0n) is 12.5. The lowest BCUT2D eigenvalue weighted by molar-refractivity contribution is 0.0643. The second-order valence-electron chi connectivity index (χ2n) is 6.20. The fourth-order valence-corrected chi connectivity index (χ4v) is 2.39. The quantitative estimate of drug-likeness (QED) is 0.816. The van der Waals surface area contributed by atoms with Crippen LogP contribution in [0, 0.1) is 0 Å². The summed E-state index contributed by atoms with van der Waals surface area (Å²) in [6.07, 6.45) is 3.96. The minimum Gasteiger partial charge on any atom is -0.348 e.